The highest BCUT2D eigenvalue weighted by atomic mass is 16.5. The van der Waals surface area contributed by atoms with Gasteiger partial charge in [0.05, 0.1) is 19.6 Å². The van der Waals surface area contributed by atoms with E-state index >= 15 is 0 Å². The predicted octanol–water partition coefficient (Wildman–Crippen LogP) is 2.55. The van der Waals surface area contributed by atoms with Crippen molar-refractivity contribution in [2.75, 3.05) is 13.7 Å². The normalized spacial score (nSPS) is 12.5. The monoisotopic (exact) mass is 267 g/mol. The van der Waals surface area contributed by atoms with Crippen LogP contribution in [0, 0.1) is 0 Å². The Bertz CT molecular complexity index is 700. The summed E-state index contributed by atoms with van der Waals surface area (Å²) in [5.74, 6) is 1.19. The molecular weight excluding hydrogens is 248 g/mol. The Kier molecular flexibility index (Phi) is 3.44. The summed E-state index contributed by atoms with van der Waals surface area (Å²) in [4.78, 5) is 3.34. The molecule has 3 rings (SSSR count). The highest BCUT2D eigenvalue weighted by Crippen LogP contribution is 2.30. The van der Waals surface area contributed by atoms with Gasteiger partial charge in [-0.15, -0.1) is 0 Å². The average Bonchev–Trinajstić information content (AvgIpc) is 2.93. The number of H-pyrrole nitrogens is 1. The van der Waals surface area contributed by atoms with Crippen LogP contribution in [0.5, 0.6) is 5.75 Å². The van der Waals surface area contributed by atoms with Crippen molar-refractivity contribution in [1.82, 2.24) is 4.98 Å². The molecule has 0 amide bonds. The van der Waals surface area contributed by atoms with Gasteiger partial charge in [0.25, 0.3) is 0 Å². The Hall–Kier alpha value is -2.26. The first-order valence-electron chi connectivity index (χ1n) is 6.82. The lowest BCUT2D eigenvalue weighted by Crippen LogP contribution is -2.53. The summed E-state index contributed by atoms with van der Waals surface area (Å²) >= 11 is 0. The van der Waals surface area contributed by atoms with E-state index in [0.717, 1.165) is 12.3 Å². The van der Waals surface area contributed by atoms with Crippen molar-refractivity contribution < 1.29 is 10.5 Å². The van der Waals surface area contributed by atoms with E-state index in [2.05, 4.69) is 53.3 Å². The van der Waals surface area contributed by atoms with E-state index in [0.29, 0.717) is 5.92 Å². The minimum Gasteiger partial charge on any atom is -0.497 e. The first-order chi connectivity index (χ1) is 9.83. The van der Waals surface area contributed by atoms with Crippen LogP contribution in [0.2, 0.25) is 0 Å². The summed E-state index contributed by atoms with van der Waals surface area (Å²) < 4.78 is 5.22. The van der Waals surface area contributed by atoms with Gasteiger partial charge in [-0.05, 0) is 29.3 Å². The van der Waals surface area contributed by atoms with Crippen molar-refractivity contribution in [2.45, 2.75) is 5.92 Å². The van der Waals surface area contributed by atoms with Crippen LogP contribution in [0.15, 0.2) is 54.7 Å². The van der Waals surface area contributed by atoms with Gasteiger partial charge in [-0.1, -0.05) is 30.3 Å². The minimum absolute atomic E-state index is 0.303. The van der Waals surface area contributed by atoms with Gasteiger partial charge in [0, 0.05) is 17.1 Å². The third kappa shape index (κ3) is 2.17. The van der Waals surface area contributed by atoms with Crippen LogP contribution in [0.3, 0.4) is 0 Å². The van der Waals surface area contributed by atoms with Gasteiger partial charge in [-0.3, -0.25) is 0 Å². The summed E-state index contributed by atoms with van der Waals surface area (Å²) in [6, 6.07) is 16.6. The van der Waals surface area contributed by atoms with Gasteiger partial charge >= 0.3 is 0 Å². The van der Waals surface area contributed by atoms with E-state index < -0.39 is 0 Å². The number of rotatable bonds is 4. The smallest absolute Gasteiger partial charge is 0.118 e. The zero-order chi connectivity index (χ0) is 13.9. The molecule has 2 aromatic carbocycles. The number of ether oxygens (including phenoxy) is 1. The molecule has 0 bridgehead atoms. The van der Waals surface area contributed by atoms with E-state index in [-0.39, 0.29) is 0 Å². The SMILES string of the molecule is COc1ccc([C@@H](C[NH3+])c2c[nH]c3ccccc23)cc1. The van der Waals surface area contributed by atoms with Crippen LogP contribution in [0.4, 0.5) is 0 Å². The van der Waals surface area contributed by atoms with E-state index in [1.54, 1.807) is 7.11 Å². The summed E-state index contributed by atoms with van der Waals surface area (Å²) in [7, 11) is 1.69. The quantitative estimate of drug-likeness (QED) is 0.750. The third-order valence-electron chi connectivity index (χ3n) is 3.80. The fourth-order valence-electron chi connectivity index (χ4n) is 2.72. The Morgan fingerprint density at radius 2 is 1.85 bits per heavy atom. The molecule has 3 nitrogen and oxygen atoms in total. The van der Waals surface area contributed by atoms with Crippen molar-refractivity contribution in [3.63, 3.8) is 0 Å². The van der Waals surface area contributed by atoms with Gasteiger partial charge in [-0.25, -0.2) is 0 Å². The standard InChI is InChI=1S/C17H18N2O/c1-20-13-8-6-12(7-9-13)15(10-18)16-11-19-17-5-3-2-4-14(16)17/h2-9,11,15,19H,10,18H2,1H3/p+1/t15-/m1/s1. The number of benzene rings is 2. The zero-order valence-corrected chi connectivity index (χ0v) is 11.6. The van der Waals surface area contributed by atoms with Crippen molar-refractivity contribution in [3.8, 4) is 5.75 Å². The van der Waals surface area contributed by atoms with Crippen molar-refractivity contribution in [3.05, 3.63) is 65.9 Å². The Balaban J connectivity index is 2.04. The first kappa shape index (κ1) is 12.8. The maximum Gasteiger partial charge on any atom is 0.118 e. The molecule has 3 heteroatoms. The lowest BCUT2D eigenvalue weighted by atomic mass is 9.91. The third-order valence-corrected chi connectivity index (χ3v) is 3.80. The minimum atomic E-state index is 0.303. The second kappa shape index (κ2) is 5.39. The number of hydrogen-bond donors (Lipinski definition) is 2. The summed E-state index contributed by atoms with van der Waals surface area (Å²) in [6.45, 7) is 0.828. The van der Waals surface area contributed by atoms with Crippen LogP contribution in [-0.4, -0.2) is 18.6 Å². The number of methoxy groups -OCH3 is 1. The van der Waals surface area contributed by atoms with Crippen LogP contribution >= 0.6 is 0 Å². The highest BCUT2D eigenvalue weighted by Gasteiger charge is 2.18. The number of aromatic amines is 1. The molecule has 0 spiro atoms. The van der Waals surface area contributed by atoms with Crippen molar-refractivity contribution in [2.24, 2.45) is 0 Å². The topological polar surface area (TPSA) is 52.7 Å². The van der Waals surface area contributed by atoms with Gasteiger partial charge in [-0.2, -0.15) is 0 Å². The number of quaternary nitrogens is 1. The zero-order valence-electron chi connectivity index (χ0n) is 11.6. The molecule has 0 fully saturated rings. The molecule has 20 heavy (non-hydrogen) atoms. The molecule has 0 aliphatic rings. The Labute approximate surface area is 118 Å². The molecule has 1 aromatic heterocycles. The molecule has 0 radical (unpaired) electrons. The molecule has 3 aromatic rings. The summed E-state index contributed by atoms with van der Waals surface area (Å²) in [6.07, 6.45) is 2.10. The van der Waals surface area contributed by atoms with Gasteiger partial charge < -0.3 is 15.5 Å². The Morgan fingerprint density at radius 1 is 1.10 bits per heavy atom. The first-order valence-corrected chi connectivity index (χ1v) is 6.82. The summed E-state index contributed by atoms with van der Waals surface area (Å²) in [5, 5.41) is 1.27. The van der Waals surface area contributed by atoms with Gasteiger partial charge in [0.15, 0.2) is 0 Å². The van der Waals surface area contributed by atoms with Gasteiger partial charge in [0.1, 0.15) is 5.75 Å². The molecule has 0 saturated carbocycles. The number of nitrogens with one attached hydrogen (secondary N) is 1. The lowest BCUT2D eigenvalue weighted by molar-refractivity contribution is -0.370. The fraction of sp³-hybridized carbons (Fsp3) is 0.176. The number of fused-ring (bicyclic) bond motifs is 1. The highest BCUT2D eigenvalue weighted by molar-refractivity contribution is 5.84. The van der Waals surface area contributed by atoms with Crippen LogP contribution in [0.1, 0.15) is 17.0 Å². The van der Waals surface area contributed by atoms with E-state index in [1.807, 2.05) is 12.1 Å². The fourth-order valence-corrected chi connectivity index (χ4v) is 2.72. The average molecular weight is 267 g/mol. The maximum absolute atomic E-state index is 5.22. The van der Waals surface area contributed by atoms with E-state index in [9.17, 15) is 0 Å². The maximum atomic E-state index is 5.22. The second-order valence-corrected chi connectivity index (χ2v) is 4.90. The lowest BCUT2D eigenvalue weighted by Gasteiger charge is -2.13. The molecule has 0 aliphatic carbocycles. The molecular formula is C17H19N2O+. The van der Waals surface area contributed by atoms with Crippen molar-refractivity contribution in [1.29, 1.82) is 0 Å². The van der Waals surface area contributed by atoms with E-state index in [4.69, 9.17) is 4.74 Å². The van der Waals surface area contributed by atoms with Crippen LogP contribution in [0.25, 0.3) is 10.9 Å². The number of para-hydroxylation sites is 1. The number of aromatic nitrogens is 1. The number of hydrogen-bond acceptors (Lipinski definition) is 1. The molecule has 0 saturated heterocycles. The molecule has 102 valence electrons. The molecule has 1 atom stereocenters. The van der Waals surface area contributed by atoms with Crippen LogP contribution < -0.4 is 10.5 Å². The molecule has 0 aliphatic heterocycles. The molecule has 4 N–H and O–H groups in total. The van der Waals surface area contributed by atoms with Crippen LogP contribution in [-0.2, 0) is 0 Å². The molecule has 0 unspecified atom stereocenters. The largest absolute Gasteiger partial charge is 0.497 e. The summed E-state index contributed by atoms with van der Waals surface area (Å²) in [5.41, 5.74) is 7.87. The second-order valence-electron chi connectivity index (χ2n) is 4.90. The van der Waals surface area contributed by atoms with Crippen molar-refractivity contribution >= 4 is 10.9 Å². The van der Waals surface area contributed by atoms with E-state index in [1.165, 1.54) is 22.0 Å². The van der Waals surface area contributed by atoms with Gasteiger partial charge in [0.2, 0.25) is 0 Å². The molecule has 1 heterocycles. The predicted molar refractivity (Wildman–Crippen MR) is 80.9 cm³/mol. The Morgan fingerprint density at radius 3 is 2.55 bits per heavy atom.